The molecule has 2 heterocycles. The quantitative estimate of drug-likeness (QED) is 0.631. The highest BCUT2D eigenvalue weighted by molar-refractivity contribution is 5.65. The summed E-state index contributed by atoms with van der Waals surface area (Å²) in [6.45, 7) is 2.82. The maximum Gasteiger partial charge on any atom is 0.329 e. The van der Waals surface area contributed by atoms with Crippen LogP contribution in [0.2, 0.25) is 0 Å². The van der Waals surface area contributed by atoms with Crippen LogP contribution in [0.5, 0.6) is 0 Å². The molecule has 1 aromatic heterocycles. The minimum Gasteiger partial charge on any atom is -0.391 e. The molecule has 1 fully saturated rings. The number of nitriles is 1. The van der Waals surface area contributed by atoms with Gasteiger partial charge in [0.1, 0.15) is 11.6 Å². The Labute approximate surface area is 110 Å². The van der Waals surface area contributed by atoms with E-state index in [1.54, 1.807) is 11.0 Å². The summed E-state index contributed by atoms with van der Waals surface area (Å²) in [5.74, 6) is 0.324. The third-order valence-corrected chi connectivity index (χ3v) is 3.43. The summed E-state index contributed by atoms with van der Waals surface area (Å²) in [5.41, 5.74) is -0.296. The number of nitro groups is 1. The normalized spacial score (nSPS) is 22.9. The van der Waals surface area contributed by atoms with Crippen molar-refractivity contribution in [3.05, 3.63) is 27.9 Å². The number of rotatable bonds is 2. The minimum atomic E-state index is -0.592. The monoisotopic (exact) mass is 262 g/mol. The highest BCUT2D eigenvalue weighted by Crippen LogP contribution is 2.31. The van der Waals surface area contributed by atoms with Crippen LogP contribution in [0.25, 0.3) is 0 Å². The molecular formula is C12H14N4O3. The smallest absolute Gasteiger partial charge is 0.329 e. The molecule has 0 spiro atoms. The zero-order valence-corrected chi connectivity index (χ0v) is 10.5. The molecule has 1 saturated heterocycles. The zero-order valence-electron chi connectivity index (χ0n) is 10.5. The summed E-state index contributed by atoms with van der Waals surface area (Å²) in [5, 5.41) is 29.9. The number of anilines is 1. The van der Waals surface area contributed by atoms with Crippen molar-refractivity contribution >= 4 is 11.5 Å². The molecule has 100 valence electrons. The molecule has 1 N–H and O–H groups in total. The first kappa shape index (κ1) is 13.2. The first-order valence-corrected chi connectivity index (χ1v) is 6.01. The molecule has 0 aliphatic carbocycles. The van der Waals surface area contributed by atoms with Gasteiger partial charge in [0.15, 0.2) is 0 Å². The van der Waals surface area contributed by atoms with Crippen LogP contribution in [0.15, 0.2) is 12.3 Å². The molecule has 19 heavy (non-hydrogen) atoms. The van der Waals surface area contributed by atoms with E-state index in [-0.39, 0.29) is 23.0 Å². The lowest BCUT2D eigenvalue weighted by Gasteiger charge is -2.34. The van der Waals surface area contributed by atoms with Crippen molar-refractivity contribution in [1.82, 2.24) is 4.98 Å². The van der Waals surface area contributed by atoms with Crippen molar-refractivity contribution in [2.75, 3.05) is 18.0 Å². The van der Waals surface area contributed by atoms with E-state index in [4.69, 9.17) is 5.26 Å². The molecule has 0 amide bonds. The van der Waals surface area contributed by atoms with Gasteiger partial charge in [-0.3, -0.25) is 10.1 Å². The first-order valence-electron chi connectivity index (χ1n) is 6.01. The third-order valence-electron chi connectivity index (χ3n) is 3.43. The second-order valence-corrected chi connectivity index (χ2v) is 4.68. The van der Waals surface area contributed by atoms with Crippen molar-refractivity contribution in [2.24, 2.45) is 5.92 Å². The molecule has 0 bridgehead atoms. The van der Waals surface area contributed by atoms with Gasteiger partial charge in [-0.15, -0.1) is 0 Å². The van der Waals surface area contributed by atoms with Crippen molar-refractivity contribution < 1.29 is 10.0 Å². The number of aliphatic hydroxyl groups is 1. The van der Waals surface area contributed by atoms with Crippen molar-refractivity contribution in [3.8, 4) is 6.07 Å². The van der Waals surface area contributed by atoms with Gasteiger partial charge in [0.05, 0.1) is 11.0 Å². The Morgan fingerprint density at radius 2 is 2.42 bits per heavy atom. The fourth-order valence-corrected chi connectivity index (χ4v) is 2.19. The zero-order chi connectivity index (χ0) is 14.0. The van der Waals surface area contributed by atoms with Crippen LogP contribution in [0, 0.1) is 27.4 Å². The SMILES string of the molecule is CC1CCN(c2nccc(C#N)c2[N+](=O)[O-])CC1O. The number of β-amino-alcohol motifs (C(OH)–C–C–N with tert-alkyl or cyclic N) is 1. The molecule has 1 aliphatic heterocycles. The Morgan fingerprint density at radius 3 is 3.00 bits per heavy atom. The molecular weight excluding hydrogens is 248 g/mol. The van der Waals surface area contributed by atoms with Crippen LogP contribution in [0.4, 0.5) is 11.5 Å². The molecule has 1 aromatic rings. The number of hydrogen-bond donors (Lipinski definition) is 1. The molecule has 7 nitrogen and oxygen atoms in total. The maximum atomic E-state index is 11.1. The lowest BCUT2D eigenvalue weighted by Crippen LogP contribution is -2.43. The topological polar surface area (TPSA) is 103 Å². The summed E-state index contributed by atoms with van der Waals surface area (Å²) in [4.78, 5) is 16.2. The molecule has 0 aromatic carbocycles. The molecule has 2 atom stereocenters. The van der Waals surface area contributed by atoms with Crippen LogP contribution in [-0.2, 0) is 0 Å². The van der Waals surface area contributed by atoms with Gasteiger partial charge in [-0.1, -0.05) is 6.92 Å². The van der Waals surface area contributed by atoms with Crippen LogP contribution >= 0.6 is 0 Å². The molecule has 0 saturated carbocycles. The van der Waals surface area contributed by atoms with Gasteiger partial charge in [-0.2, -0.15) is 5.26 Å². The van der Waals surface area contributed by atoms with E-state index < -0.39 is 11.0 Å². The first-order chi connectivity index (χ1) is 9.04. The number of hydrogen-bond acceptors (Lipinski definition) is 6. The Kier molecular flexibility index (Phi) is 3.62. The Morgan fingerprint density at radius 1 is 1.68 bits per heavy atom. The van der Waals surface area contributed by atoms with Crippen LogP contribution in [0.3, 0.4) is 0 Å². The lowest BCUT2D eigenvalue weighted by molar-refractivity contribution is -0.384. The second kappa shape index (κ2) is 5.20. The van der Waals surface area contributed by atoms with Gasteiger partial charge in [0.25, 0.3) is 0 Å². The summed E-state index contributed by atoms with van der Waals surface area (Å²) < 4.78 is 0. The summed E-state index contributed by atoms with van der Waals surface area (Å²) >= 11 is 0. The predicted octanol–water partition coefficient (Wildman–Crippen LogP) is 1.07. The standard InChI is InChI=1S/C12H14N4O3/c1-8-3-5-15(7-10(8)17)12-11(16(18)19)9(6-13)2-4-14-12/h2,4,8,10,17H,3,5,7H2,1H3. The second-order valence-electron chi connectivity index (χ2n) is 4.68. The Hall–Kier alpha value is -2.20. The van der Waals surface area contributed by atoms with Gasteiger partial charge < -0.3 is 10.0 Å². The molecule has 7 heteroatoms. The summed E-state index contributed by atoms with van der Waals surface area (Å²) in [7, 11) is 0. The number of piperidine rings is 1. The van der Waals surface area contributed by atoms with E-state index in [0.29, 0.717) is 13.1 Å². The van der Waals surface area contributed by atoms with E-state index in [1.807, 2.05) is 6.92 Å². The van der Waals surface area contributed by atoms with Crippen LogP contribution < -0.4 is 4.90 Å². The maximum absolute atomic E-state index is 11.1. The van der Waals surface area contributed by atoms with E-state index in [1.165, 1.54) is 12.3 Å². The number of pyridine rings is 1. The Bertz CT molecular complexity index is 540. The van der Waals surface area contributed by atoms with Gasteiger partial charge in [0, 0.05) is 19.3 Å². The van der Waals surface area contributed by atoms with Gasteiger partial charge in [0.2, 0.25) is 5.82 Å². The average Bonchev–Trinajstić information content (AvgIpc) is 2.40. The van der Waals surface area contributed by atoms with Gasteiger partial charge in [-0.05, 0) is 18.4 Å². The molecule has 1 aliphatic rings. The van der Waals surface area contributed by atoms with Crippen LogP contribution in [-0.4, -0.2) is 34.2 Å². The van der Waals surface area contributed by atoms with E-state index in [0.717, 1.165) is 6.42 Å². The van der Waals surface area contributed by atoms with Crippen molar-refractivity contribution in [1.29, 1.82) is 5.26 Å². The van der Waals surface area contributed by atoms with E-state index in [9.17, 15) is 15.2 Å². The third kappa shape index (κ3) is 2.48. The fourth-order valence-electron chi connectivity index (χ4n) is 2.19. The van der Waals surface area contributed by atoms with E-state index >= 15 is 0 Å². The Balaban J connectivity index is 2.40. The predicted molar refractivity (Wildman–Crippen MR) is 67.6 cm³/mol. The summed E-state index contributed by atoms with van der Waals surface area (Å²) in [6.07, 6.45) is 1.57. The fraction of sp³-hybridized carbons (Fsp3) is 0.500. The largest absolute Gasteiger partial charge is 0.391 e. The van der Waals surface area contributed by atoms with E-state index in [2.05, 4.69) is 4.98 Å². The average molecular weight is 262 g/mol. The molecule has 0 radical (unpaired) electrons. The highest BCUT2D eigenvalue weighted by atomic mass is 16.6. The molecule has 2 rings (SSSR count). The number of aliphatic hydroxyl groups excluding tert-OH is 1. The van der Waals surface area contributed by atoms with Gasteiger partial charge >= 0.3 is 5.69 Å². The lowest BCUT2D eigenvalue weighted by atomic mass is 9.96. The van der Waals surface area contributed by atoms with Crippen molar-refractivity contribution in [2.45, 2.75) is 19.4 Å². The molecule has 2 unspecified atom stereocenters. The van der Waals surface area contributed by atoms with Crippen molar-refractivity contribution in [3.63, 3.8) is 0 Å². The van der Waals surface area contributed by atoms with Gasteiger partial charge in [-0.25, -0.2) is 4.98 Å². The number of aromatic nitrogens is 1. The minimum absolute atomic E-state index is 0.0110. The van der Waals surface area contributed by atoms with Crippen LogP contribution in [0.1, 0.15) is 18.9 Å². The summed E-state index contributed by atoms with van der Waals surface area (Å²) in [6, 6.07) is 3.13. The highest BCUT2D eigenvalue weighted by Gasteiger charge is 2.31. The number of nitrogens with zero attached hydrogens (tertiary/aromatic N) is 4.